The Labute approximate surface area is 119 Å². The molecule has 2 atom stereocenters. The molecular weight excluding hydrogens is 256 g/mol. The summed E-state index contributed by atoms with van der Waals surface area (Å²) in [4.78, 5) is 12.0. The SMILES string of the molecule is CC(C)NC(=O)c1cccc(NC2CCSC2C)c1. The normalized spacial score (nSPS) is 22.5. The summed E-state index contributed by atoms with van der Waals surface area (Å²) in [7, 11) is 0. The third-order valence-corrected chi connectivity index (χ3v) is 4.60. The molecule has 19 heavy (non-hydrogen) atoms. The first-order valence-corrected chi connectivity index (χ1v) is 7.90. The summed E-state index contributed by atoms with van der Waals surface area (Å²) in [6.45, 7) is 6.19. The van der Waals surface area contributed by atoms with E-state index in [2.05, 4.69) is 17.6 Å². The number of rotatable bonds is 4. The molecule has 4 heteroatoms. The molecule has 1 amide bonds. The van der Waals surface area contributed by atoms with Gasteiger partial charge in [-0.25, -0.2) is 0 Å². The van der Waals surface area contributed by atoms with E-state index < -0.39 is 0 Å². The molecule has 1 saturated heterocycles. The van der Waals surface area contributed by atoms with Gasteiger partial charge in [0.05, 0.1) is 0 Å². The Morgan fingerprint density at radius 3 is 2.84 bits per heavy atom. The van der Waals surface area contributed by atoms with Crippen LogP contribution in [-0.2, 0) is 0 Å². The van der Waals surface area contributed by atoms with E-state index in [1.807, 2.05) is 49.9 Å². The lowest BCUT2D eigenvalue weighted by Gasteiger charge is -2.18. The van der Waals surface area contributed by atoms with Gasteiger partial charge in [0.2, 0.25) is 0 Å². The molecule has 1 aliphatic heterocycles. The van der Waals surface area contributed by atoms with Crippen LogP contribution in [0.4, 0.5) is 5.69 Å². The molecule has 1 fully saturated rings. The smallest absolute Gasteiger partial charge is 0.251 e. The zero-order valence-electron chi connectivity index (χ0n) is 11.8. The number of benzene rings is 1. The number of anilines is 1. The minimum Gasteiger partial charge on any atom is -0.381 e. The zero-order chi connectivity index (χ0) is 13.8. The van der Waals surface area contributed by atoms with Crippen molar-refractivity contribution in [2.45, 2.75) is 44.5 Å². The third kappa shape index (κ3) is 3.90. The van der Waals surface area contributed by atoms with Gasteiger partial charge in [-0.15, -0.1) is 0 Å². The highest BCUT2D eigenvalue weighted by atomic mass is 32.2. The molecule has 3 nitrogen and oxygen atoms in total. The van der Waals surface area contributed by atoms with Crippen LogP contribution >= 0.6 is 11.8 Å². The van der Waals surface area contributed by atoms with Gasteiger partial charge >= 0.3 is 0 Å². The maximum absolute atomic E-state index is 12.0. The fourth-order valence-corrected chi connectivity index (χ4v) is 3.43. The molecule has 0 aliphatic carbocycles. The second-order valence-electron chi connectivity index (χ2n) is 5.32. The quantitative estimate of drug-likeness (QED) is 0.889. The molecule has 0 aromatic heterocycles. The van der Waals surface area contributed by atoms with E-state index >= 15 is 0 Å². The van der Waals surface area contributed by atoms with Gasteiger partial charge in [0.15, 0.2) is 0 Å². The molecule has 1 aliphatic rings. The number of carbonyl (C=O) groups is 1. The second-order valence-corrected chi connectivity index (χ2v) is 6.81. The molecule has 0 radical (unpaired) electrons. The van der Waals surface area contributed by atoms with Crippen molar-refractivity contribution in [3.63, 3.8) is 0 Å². The third-order valence-electron chi connectivity index (χ3n) is 3.27. The highest BCUT2D eigenvalue weighted by Gasteiger charge is 2.23. The lowest BCUT2D eigenvalue weighted by molar-refractivity contribution is 0.0943. The van der Waals surface area contributed by atoms with E-state index in [0.29, 0.717) is 11.3 Å². The number of hydrogen-bond donors (Lipinski definition) is 2. The summed E-state index contributed by atoms with van der Waals surface area (Å²) >= 11 is 2.00. The van der Waals surface area contributed by atoms with Crippen LogP contribution in [-0.4, -0.2) is 29.0 Å². The minimum atomic E-state index is -0.00695. The van der Waals surface area contributed by atoms with Gasteiger partial charge in [-0.05, 0) is 44.2 Å². The van der Waals surface area contributed by atoms with Gasteiger partial charge in [-0.1, -0.05) is 13.0 Å². The van der Waals surface area contributed by atoms with Crippen molar-refractivity contribution in [2.24, 2.45) is 0 Å². The predicted molar refractivity (Wildman–Crippen MR) is 83.0 cm³/mol. The predicted octanol–water partition coefficient (Wildman–Crippen LogP) is 3.13. The molecule has 1 aromatic carbocycles. The average Bonchev–Trinajstić information content (AvgIpc) is 2.75. The highest BCUT2D eigenvalue weighted by molar-refractivity contribution is 8.00. The molecule has 0 bridgehead atoms. The van der Waals surface area contributed by atoms with Gasteiger partial charge in [-0.2, -0.15) is 11.8 Å². The van der Waals surface area contributed by atoms with Crippen LogP contribution in [0.2, 0.25) is 0 Å². The zero-order valence-corrected chi connectivity index (χ0v) is 12.6. The number of nitrogens with one attached hydrogen (secondary N) is 2. The van der Waals surface area contributed by atoms with Crippen LogP contribution in [0.1, 0.15) is 37.6 Å². The number of hydrogen-bond acceptors (Lipinski definition) is 3. The molecule has 2 N–H and O–H groups in total. The Morgan fingerprint density at radius 2 is 2.21 bits per heavy atom. The Kier molecular flexibility index (Phi) is 4.75. The molecule has 0 saturated carbocycles. The lowest BCUT2D eigenvalue weighted by Crippen LogP contribution is -2.30. The summed E-state index contributed by atoms with van der Waals surface area (Å²) < 4.78 is 0. The Hall–Kier alpha value is -1.16. The van der Waals surface area contributed by atoms with Crippen molar-refractivity contribution < 1.29 is 4.79 Å². The number of carbonyl (C=O) groups excluding carboxylic acids is 1. The number of amides is 1. The standard InChI is InChI=1S/C15H22N2OS/c1-10(2)16-15(18)12-5-4-6-13(9-12)17-14-7-8-19-11(14)3/h4-6,9-11,14,17H,7-8H2,1-3H3,(H,16,18). The molecule has 1 heterocycles. The fraction of sp³-hybridized carbons (Fsp3) is 0.533. The van der Waals surface area contributed by atoms with E-state index in [1.54, 1.807) is 0 Å². The monoisotopic (exact) mass is 278 g/mol. The average molecular weight is 278 g/mol. The van der Waals surface area contributed by atoms with Crippen molar-refractivity contribution in [1.82, 2.24) is 5.32 Å². The first-order chi connectivity index (χ1) is 9.06. The van der Waals surface area contributed by atoms with E-state index in [9.17, 15) is 4.79 Å². The lowest BCUT2D eigenvalue weighted by atomic mass is 10.1. The molecule has 104 valence electrons. The van der Waals surface area contributed by atoms with Crippen LogP contribution < -0.4 is 10.6 Å². The van der Waals surface area contributed by atoms with Gasteiger partial charge < -0.3 is 10.6 Å². The van der Waals surface area contributed by atoms with Crippen LogP contribution in [0.5, 0.6) is 0 Å². The van der Waals surface area contributed by atoms with Crippen molar-refractivity contribution in [3.05, 3.63) is 29.8 Å². The highest BCUT2D eigenvalue weighted by Crippen LogP contribution is 2.28. The van der Waals surface area contributed by atoms with Crippen molar-refractivity contribution >= 4 is 23.4 Å². The molecule has 2 unspecified atom stereocenters. The largest absolute Gasteiger partial charge is 0.381 e. The second kappa shape index (κ2) is 6.33. The summed E-state index contributed by atoms with van der Waals surface area (Å²) in [6.07, 6.45) is 1.19. The molecule has 2 rings (SSSR count). The molecule has 1 aromatic rings. The van der Waals surface area contributed by atoms with Gasteiger partial charge in [0.1, 0.15) is 0 Å². The first-order valence-electron chi connectivity index (χ1n) is 6.85. The summed E-state index contributed by atoms with van der Waals surface area (Å²) in [6, 6.07) is 8.43. The topological polar surface area (TPSA) is 41.1 Å². The fourth-order valence-electron chi connectivity index (χ4n) is 2.23. The summed E-state index contributed by atoms with van der Waals surface area (Å²) in [5, 5.41) is 7.09. The summed E-state index contributed by atoms with van der Waals surface area (Å²) in [5.41, 5.74) is 1.76. The maximum Gasteiger partial charge on any atom is 0.251 e. The van der Waals surface area contributed by atoms with E-state index in [-0.39, 0.29) is 11.9 Å². The van der Waals surface area contributed by atoms with Crippen molar-refractivity contribution in [3.8, 4) is 0 Å². The van der Waals surface area contributed by atoms with E-state index in [4.69, 9.17) is 0 Å². The summed E-state index contributed by atoms with van der Waals surface area (Å²) in [5.74, 6) is 1.21. The van der Waals surface area contributed by atoms with Gasteiger partial charge in [0.25, 0.3) is 5.91 Å². The Balaban J connectivity index is 2.04. The van der Waals surface area contributed by atoms with E-state index in [0.717, 1.165) is 11.3 Å². The molecule has 0 spiro atoms. The molecular formula is C15H22N2OS. The van der Waals surface area contributed by atoms with Gasteiger partial charge in [0, 0.05) is 28.6 Å². The maximum atomic E-state index is 12.0. The van der Waals surface area contributed by atoms with Crippen molar-refractivity contribution in [1.29, 1.82) is 0 Å². The first kappa shape index (κ1) is 14.3. The van der Waals surface area contributed by atoms with Gasteiger partial charge in [-0.3, -0.25) is 4.79 Å². The van der Waals surface area contributed by atoms with Crippen LogP contribution in [0.3, 0.4) is 0 Å². The number of thioether (sulfide) groups is 1. The minimum absolute atomic E-state index is 0.00695. The van der Waals surface area contributed by atoms with Crippen LogP contribution in [0.25, 0.3) is 0 Å². The van der Waals surface area contributed by atoms with Crippen LogP contribution in [0.15, 0.2) is 24.3 Å². The Bertz CT molecular complexity index is 448. The van der Waals surface area contributed by atoms with Crippen molar-refractivity contribution in [2.75, 3.05) is 11.1 Å². The Morgan fingerprint density at radius 1 is 1.42 bits per heavy atom. The van der Waals surface area contributed by atoms with E-state index in [1.165, 1.54) is 12.2 Å². The van der Waals surface area contributed by atoms with Crippen LogP contribution in [0, 0.1) is 0 Å².